The van der Waals surface area contributed by atoms with Crippen LogP contribution < -0.4 is 15.0 Å². The Balaban J connectivity index is 1.40. The van der Waals surface area contributed by atoms with Gasteiger partial charge in [-0.1, -0.05) is 24.3 Å². The number of rotatable bonds is 9. The number of H-pyrrole nitrogens is 1. The molecular formula is C40H42ClN3O13. The number of aromatic nitrogens is 1. The van der Waals surface area contributed by atoms with Crippen LogP contribution in [0.4, 0.5) is 16.2 Å². The van der Waals surface area contributed by atoms with E-state index in [1.807, 2.05) is 12.1 Å². The van der Waals surface area contributed by atoms with Gasteiger partial charge >= 0.3 is 30.0 Å². The largest absolute Gasteiger partial charge is 0.467 e. The van der Waals surface area contributed by atoms with Crippen LogP contribution in [-0.2, 0) is 47.6 Å². The van der Waals surface area contributed by atoms with Crippen molar-refractivity contribution in [3.05, 3.63) is 65.9 Å². The van der Waals surface area contributed by atoms with Gasteiger partial charge in [0.15, 0.2) is 18.3 Å². The third-order valence-electron chi connectivity index (χ3n) is 9.13. The first kappa shape index (κ1) is 40.8. The molecule has 0 saturated carbocycles. The second kappa shape index (κ2) is 16.3. The van der Waals surface area contributed by atoms with E-state index in [9.17, 15) is 28.8 Å². The number of fused-ring (bicyclic) bond motifs is 4. The number of methoxy groups -OCH3 is 1. The Kier molecular flexibility index (Phi) is 11.7. The molecule has 1 aromatic heterocycles. The zero-order valence-electron chi connectivity index (χ0n) is 32.2. The standard InChI is InChI=1S/C40H42ClN3O13/c1-19(45)52-32-33(53-20(2)46)35(54-21(3)47)38(56-34(32)37(49)51-7)55-30-16-29-31(26-11-9-8-10-25(26)30)23(17-41)18-44(29)36(48)28-15-22-14-24(12-13-27(22)43-28)42-39(50)57-40(4,5)6/h8-16,23,32-35,38,43H,17-18H2,1-7H3,(H,42,50)/t23-,32+,33+,34?,35-,38+/m1/s1. The molecule has 3 heterocycles. The molecule has 57 heavy (non-hydrogen) atoms. The maximum absolute atomic E-state index is 14.4. The number of nitrogens with one attached hydrogen (secondary N) is 2. The number of aromatic amines is 1. The maximum atomic E-state index is 14.4. The van der Waals surface area contributed by atoms with E-state index in [2.05, 4.69) is 10.3 Å². The summed E-state index contributed by atoms with van der Waals surface area (Å²) < 4.78 is 39.3. The quantitative estimate of drug-likeness (QED) is 0.118. The monoisotopic (exact) mass is 807 g/mol. The molecule has 0 radical (unpaired) electrons. The van der Waals surface area contributed by atoms with Gasteiger partial charge < -0.3 is 43.0 Å². The van der Waals surface area contributed by atoms with E-state index in [1.165, 1.54) is 0 Å². The summed E-state index contributed by atoms with van der Waals surface area (Å²) in [5.74, 6) is -3.85. The van der Waals surface area contributed by atoms with E-state index in [0.29, 0.717) is 33.1 Å². The van der Waals surface area contributed by atoms with Crippen molar-refractivity contribution < 1.29 is 61.9 Å². The first-order valence-corrected chi connectivity index (χ1v) is 18.5. The molecule has 6 atom stereocenters. The summed E-state index contributed by atoms with van der Waals surface area (Å²) in [4.78, 5) is 81.5. The van der Waals surface area contributed by atoms with Gasteiger partial charge in [-0.15, -0.1) is 11.6 Å². The minimum Gasteiger partial charge on any atom is -0.467 e. The first-order chi connectivity index (χ1) is 27.0. The third-order valence-corrected chi connectivity index (χ3v) is 9.51. The van der Waals surface area contributed by atoms with E-state index in [4.69, 9.17) is 44.8 Å². The molecule has 0 spiro atoms. The lowest BCUT2D eigenvalue weighted by atomic mass is 9.95. The molecule has 17 heteroatoms. The SMILES string of the molecule is COC(=O)C1O[C@H](Oc2cc3c(c4ccccc24)[C@H](CCl)CN3C(=O)c2cc3cc(NC(=O)OC(C)(C)C)ccc3[nH]2)[C@H](OC(C)=O)[C@@H](OC(C)=O)[C@@H]1OC(C)=O. The number of esters is 4. The molecule has 1 unspecified atom stereocenters. The van der Waals surface area contributed by atoms with Crippen molar-refractivity contribution in [2.45, 2.75) is 83.8 Å². The van der Waals surface area contributed by atoms with Crippen molar-refractivity contribution in [1.82, 2.24) is 4.98 Å². The fourth-order valence-corrected chi connectivity index (χ4v) is 7.27. The smallest absolute Gasteiger partial charge is 0.412 e. The van der Waals surface area contributed by atoms with Crippen LogP contribution in [0.5, 0.6) is 5.75 Å². The van der Waals surface area contributed by atoms with Crippen molar-refractivity contribution in [3.8, 4) is 5.75 Å². The number of hydrogen-bond acceptors (Lipinski definition) is 13. The summed E-state index contributed by atoms with van der Waals surface area (Å²) in [6.07, 6.45) is -8.65. The van der Waals surface area contributed by atoms with Crippen molar-refractivity contribution in [3.63, 3.8) is 0 Å². The Bertz CT molecular complexity index is 2250. The van der Waals surface area contributed by atoms with Gasteiger partial charge in [-0.2, -0.15) is 0 Å². The Morgan fingerprint density at radius 3 is 2.16 bits per heavy atom. The lowest BCUT2D eigenvalue weighted by molar-refractivity contribution is -0.282. The molecule has 16 nitrogen and oxygen atoms in total. The Labute approximate surface area is 331 Å². The summed E-state index contributed by atoms with van der Waals surface area (Å²) in [6.45, 7) is 8.77. The number of nitrogens with zero attached hydrogens (tertiary/aromatic N) is 1. The van der Waals surface area contributed by atoms with Crippen LogP contribution >= 0.6 is 11.6 Å². The highest BCUT2D eigenvalue weighted by Crippen LogP contribution is 2.47. The lowest BCUT2D eigenvalue weighted by Crippen LogP contribution is -2.64. The van der Waals surface area contributed by atoms with E-state index in [0.717, 1.165) is 33.4 Å². The molecule has 0 aliphatic carbocycles. The number of ether oxygens (including phenoxy) is 7. The number of anilines is 2. The Hall–Kier alpha value is -5.87. The molecule has 4 aromatic rings. The second-order valence-electron chi connectivity index (χ2n) is 14.5. The molecular weight excluding hydrogens is 766 g/mol. The first-order valence-electron chi connectivity index (χ1n) is 18.0. The van der Waals surface area contributed by atoms with Crippen LogP contribution in [0.25, 0.3) is 21.7 Å². The fraction of sp³-hybridized carbons (Fsp3) is 0.400. The van der Waals surface area contributed by atoms with Crippen molar-refractivity contribution in [1.29, 1.82) is 0 Å². The highest BCUT2D eigenvalue weighted by atomic mass is 35.5. The molecule has 3 aromatic carbocycles. The summed E-state index contributed by atoms with van der Waals surface area (Å²) in [5.41, 5.74) is 1.92. The highest BCUT2D eigenvalue weighted by Gasteiger charge is 2.56. The van der Waals surface area contributed by atoms with Gasteiger partial charge in [0.25, 0.3) is 5.91 Å². The molecule has 6 rings (SSSR count). The normalized spacial score (nSPS) is 21.6. The van der Waals surface area contributed by atoms with Gasteiger partial charge in [0.1, 0.15) is 17.0 Å². The third kappa shape index (κ3) is 8.76. The van der Waals surface area contributed by atoms with Crippen LogP contribution in [0, 0.1) is 0 Å². The zero-order chi connectivity index (χ0) is 41.3. The molecule has 1 saturated heterocycles. The lowest BCUT2D eigenvalue weighted by Gasteiger charge is -2.43. The van der Waals surface area contributed by atoms with E-state index >= 15 is 0 Å². The summed E-state index contributed by atoms with van der Waals surface area (Å²) in [7, 11) is 1.09. The number of hydrogen-bond donors (Lipinski definition) is 2. The van der Waals surface area contributed by atoms with Crippen LogP contribution in [0.3, 0.4) is 0 Å². The Morgan fingerprint density at radius 2 is 1.53 bits per heavy atom. The summed E-state index contributed by atoms with van der Waals surface area (Å²) >= 11 is 6.53. The fourth-order valence-electron chi connectivity index (χ4n) is 7.02. The average Bonchev–Trinajstić information content (AvgIpc) is 3.73. The second-order valence-corrected chi connectivity index (χ2v) is 14.8. The van der Waals surface area contributed by atoms with Crippen LogP contribution in [-0.4, -0.2) is 96.7 Å². The molecule has 302 valence electrons. The molecule has 2 aliphatic heterocycles. The molecule has 2 N–H and O–H groups in total. The Morgan fingerprint density at radius 1 is 0.877 bits per heavy atom. The number of carbonyl (C=O) groups is 6. The summed E-state index contributed by atoms with van der Waals surface area (Å²) in [6, 6.07) is 15.6. The van der Waals surface area contributed by atoms with E-state index < -0.39 is 66.3 Å². The van der Waals surface area contributed by atoms with E-state index in [1.54, 1.807) is 68.1 Å². The topological polar surface area (TPSA) is 198 Å². The number of halogens is 1. The summed E-state index contributed by atoms with van der Waals surface area (Å²) in [5, 5.41) is 4.61. The van der Waals surface area contributed by atoms with Crippen LogP contribution in [0.1, 0.15) is 63.5 Å². The molecule has 2 amide bonds. The highest BCUT2D eigenvalue weighted by molar-refractivity contribution is 6.19. The van der Waals surface area contributed by atoms with Crippen molar-refractivity contribution in [2.75, 3.05) is 29.8 Å². The van der Waals surface area contributed by atoms with Gasteiger partial charge in [-0.3, -0.25) is 24.5 Å². The van der Waals surface area contributed by atoms with Crippen molar-refractivity contribution in [2.24, 2.45) is 0 Å². The van der Waals surface area contributed by atoms with Crippen molar-refractivity contribution >= 4 is 80.5 Å². The van der Waals surface area contributed by atoms with Crippen LogP contribution in [0.2, 0.25) is 0 Å². The van der Waals surface area contributed by atoms with Gasteiger partial charge in [-0.25, -0.2) is 9.59 Å². The number of carbonyl (C=O) groups excluding carboxylic acids is 6. The average molecular weight is 808 g/mol. The van der Waals surface area contributed by atoms with Gasteiger partial charge in [0.05, 0.1) is 12.8 Å². The number of amides is 2. The molecule has 1 fully saturated rings. The predicted octanol–water partition coefficient (Wildman–Crippen LogP) is 5.72. The van der Waals surface area contributed by atoms with E-state index in [-0.39, 0.29) is 35.7 Å². The number of benzene rings is 3. The van der Waals surface area contributed by atoms with Crippen LogP contribution in [0.15, 0.2) is 54.6 Å². The minimum absolute atomic E-state index is 0.144. The van der Waals surface area contributed by atoms with Gasteiger partial charge in [0.2, 0.25) is 12.4 Å². The zero-order valence-corrected chi connectivity index (χ0v) is 33.0. The van der Waals surface area contributed by atoms with Gasteiger partial charge in [-0.05, 0) is 56.0 Å². The molecule has 2 aliphatic rings. The minimum atomic E-state index is -1.68. The van der Waals surface area contributed by atoms with Gasteiger partial charge in [0, 0.05) is 67.2 Å². The molecule has 0 bridgehead atoms. The maximum Gasteiger partial charge on any atom is 0.412 e. The predicted molar refractivity (Wildman–Crippen MR) is 205 cm³/mol. The number of alkyl halides is 1.